The van der Waals surface area contributed by atoms with Crippen LogP contribution in [-0.4, -0.2) is 26.0 Å². The summed E-state index contributed by atoms with van der Waals surface area (Å²) in [5.41, 5.74) is 5.41. The molecule has 0 radical (unpaired) electrons. The average Bonchev–Trinajstić information content (AvgIpc) is 2.96. The number of rotatable bonds is 4. The number of hydrogen-bond acceptors (Lipinski definition) is 4. The van der Waals surface area contributed by atoms with Crippen molar-refractivity contribution in [2.24, 2.45) is 0 Å². The number of amides is 1. The number of nitrogens with zero attached hydrogens (tertiary/aromatic N) is 3. The van der Waals surface area contributed by atoms with E-state index in [-0.39, 0.29) is 11.6 Å². The lowest BCUT2D eigenvalue weighted by atomic mass is 10.1. The zero-order valence-corrected chi connectivity index (χ0v) is 15.3. The highest BCUT2D eigenvalue weighted by Crippen LogP contribution is 2.20. The minimum absolute atomic E-state index is 0.271. The summed E-state index contributed by atoms with van der Waals surface area (Å²) in [6, 6.07) is 13.2. The van der Waals surface area contributed by atoms with Gasteiger partial charge in [0.25, 0.3) is 5.91 Å². The van der Waals surface area contributed by atoms with E-state index in [1.54, 1.807) is 29.8 Å². The fourth-order valence-electron chi connectivity index (χ4n) is 2.88. The van der Waals surface area contributed by atoms with Crippen molar-refractivity contribution in [2.75, 3.05) is 5.32 Å². The second-order valence-corrected chi connectivity index (χ2v) is 6.48. The number of anilines is 1. The molecule has 3 aromatic rings. The third-order valence-electron chi connectivity index (χ3n) is 4.32. The molecule has 6 heteroatoms. The quantitative estimate of drug-likeness (QED) is 0.755. The molecule has 1 heterocycles. The van der Waals surface area contributed by atoms with E-state index in [4.69, 9.17) is 0 Å². The first kappa shape index (κ1) is 17.8. The molecule has 1 amide bonds. The molecule has 2 aromatic carbocycles. The molecular weight excluding hydrogens is 328 g/mol. The van der Waals surface area contributed by atoms with Crippen molar-refractivity contribution in [3.63, 3.8) is 0 Å². The Morgan fingerprint density at radius 3 is 2.62 bits per heavy atom. The monoisotopic (exact) mass is 350 g/mol. The summed E-state index contributed by atoms with van der Waals surface area (Å²) >= 11 is 0. The van der Waals surface area contributed by atoms with Crippen molar-refractivity contribution in [3.8, 4) is 5.69 Å². The average molecular weight is 350 g/mol. The van der Waals surface area contributed by atoms with E-state index < -0.39 is 6.10 Å². The van der Waals surface area contributed by atoms with Crippen LogP contribution < -0.4 is 5.32 Å². The van der Waals surface area contributed by atoms with Gasteiger partial charge in [-0.3, -0.25) is 4.79 Å². The van der Waals surface area contributed by atoms with Gasteiger partial charge in [0.05, 0.1) is 17.5 Å². The summed E-state index contributed by atoms with van der Waals surface area (Å²) in [5, 5.41) is 20.7. The lowest BCUT2D eigenvalue weighted by Crippen LogP contribution is -2.14. The zero-order chi connectivity index (χ0) is 18.8. The van der Waals surface area contributed by atoms with Crippen LogP contribution in [0.15, 0.2) is 42.5 Å². The fourth-order valence-corrected chi connectivity index (χ4v) is 2.88. The Labute approximate surface area is 152 Å². The molecule has 0 saturated carbocycles. The summed E-state index contributed by atoms with van der Waals surface area (Å²) in [5.74, 6) is -0.332. The molecule has 26 heavy (non-hydrogen) atoms. The van der Waals surface area contributed by atoms with Gasteiger partial charge in [-0.1, -0.05) is 35.0 Å². The SMILES string of the molecule is Cc1ccc(-n2nnc(C(=O)Nc3cccc(C(C)O)c3)c2C)c(C)c1. The van der Waals surface area contributed by atoms with Gasteiger partial charge in [-0.05, 0) is 57.0 Å². The van der Waals surface area contributed by atoms with Gasteiger partial charge in [0.2, 0.25) is 0 Å². The zero-order valence-electron chi connectivity index (χ0n) is 15.3. The predicted molar refractivity (Wildman–Crippen MR) is 101 cm³/mol. The van der Waals surface area contributed by atoms with E-state index in [9.17, 15) is 9.90 Å². The van der Waals surface area contributed by atoms with Gasteiger partial charge < -0.3 is 10.4 Å². The van der Waals surface area contributed by atoms with Gasteiger partial charge in [-0.2, -0.15) is 0 Å². The number of aliphatic hydroxyl groups is 1. The highest BCUT2D eigenvalue weighted by atomic mass is 16.3. The van der Waals surface area contributed by atoms with Gasteiger partial charge >= 0.3 is 0 Å². The molecule has 1 unspecified atom stereocenters. The topological polar surface area (TPSA) is 80.0 Å². The highest BCUT2D eigenvalue weighted by Gasteiger charge is 2.18. The van der Waals surface area contributed by atoms with Crippen LogP contribution in [0.1, 0.15) is 45.9 Å². The molecule has 1 aromatic heterocycles. The standard InChI is InChI=1S/C20H22N4O2/c1-12-8-9-18(13(2)10-12)24-14(3)19(22-23-24)20(26)21-17-7-5-6-16(11-17)15(4)25/h5-11,15,25H,1-4H3,(H,21,26). The molecule has 0 aliphatic rings. The molecular formula is C20H22N4O2. The minimum atomic E-state index is -0.598. The van der Waals surface area contributed by atoms with E-state index in [0.29, 0.717) is 11.4 Å². The Morgan fingerprint density at radius 2 is 1.92 bits per heavy atom. The van der Waals surface area contributed by atoms with Crippen molar-refractivity contribution < 1.29 is 9.90 Å². The Bertz CT molecular complexity index is 960. The van der Waals surface area contributed by atoms with Crippen LogP contribution >= 0.6 is 0 Å². The molecule has 0 fully saturated rings. The van der Waals surface area contributed by atoms with Crippen molar-refractivity contribution >= 4 is 11.6 Å². The maximum absolute atomic E-state index is 12.6. The van der Waals surface area contributed by atoms with Gasteiger partial charge in [0, 0.05) is 5.69 Å². The van der Waals surface area contributed by atoms with E-state index >= 15 is 0 Å². The summed E-state index contributed by atoms with van der Waals surface area (Å²) in [7, 11) is 0. The molecule has 2 N–H and O–H groups in total. The van der Waals surface area contributed by atoms with Crippen molar-refractivity contribution in [3.05, 3.63) is 70.5 Å². The summed E-state index contributed by atoms with van der Waals surface area (Å²) < 4.78 is 1.68. The van der Waals surface area contributed by atoms with Crippen LogP contribution in [0.5, 0.6) is 0 Å². The molecule has 0 aliphatic heterocycles. The maximum Gasteiger partial charge on any atom is 0.278 e. The van der Waals surface area contributed by atoms with Crippen LogP contribution in [0.4, 0.5) is 5.69 Å². The first-order valence-corrected chi connectivity index (χ1v) is 8.46. The normalized spacial score (nSPS) is 12.0. The number of aliphatic hydroxyl groups excluding tert-OH is 1. The second-order valence-electron chi connectivity index (χ2n) is 6.48. The molecule has 134 valence electrons. The fraction of sp³-hybridized carbons (Fsp3) is 0.250. The molecule has 0 aliphatic carbocycles. The second kappa shape index (κ2) is 7.09. The smallest absolute Gasteiger partial charge is 0.278 e. The number of aromatic nitrogens is 3. The van der Waals surface area contributed by atoms with Gasteiger partial charge in [-0.25, -0.2) is 4.68 Å². The van der Waals surface area contributed by atoms with Crippen LogP contribution in [-0.2, 0) is 0 Å². The summed E-state index contributed by atoms with van der Waals surface area (Å²) in [6.07, 6.45) is -0.598. The summed E-state index contributed by atoms with van der Waals surface area (Å²) in [6.45, 7) is 7.54. The third kappa shape index (κ3) is 3.50. The largest absolute Gasteiger partial charge is 0.389 e. The predicted octanol–water partition coefficient (Wildman–Crippen LogP) is 3.50. The van der Waals surface area contributed by atoms with Crippen molar-refractivity contribution in [1.29, 1.82) is 0 Å². The van der Waals surface area contributed by atoms with Gasteiger partial charge in [0.1, 0.15) is 0 Å². The van der Waals surface area contributed by atoms with E-state index in [1.165, 1.54) is 5.56 Å². The molecule has 0 bridgehead atoms. The minimum Gasteiger partial charge on any atom is -0.389 e. The molecule has 1 atom stereocenters. The van der Waals surface area contributed by atoms with Gasteiger partial charge in [0.15, 0.2) is 5.69 Å². The number of benzene rings is 2. The Morgan fingerprint density at radius 1 is 1.15 bits per heavy atom. The first-order chi connectivity index (χ1) is 12.4. The maximum atomic E-state index is 12.6. The van der Waals surface area contributed by atoms with Crippen LogP contribution in [0, 0.1) is 20.8 Å². The first-order valence-electron chi connectivity index (χ1n) is 8.46. The third-order valence-corrected chi connectivity index (χ3v) is 4.32. The molecule has 3 rings (SSSR count). The number of aryl methyl sites for hydroxylation is 2. The number of nitrogens with one attached hydrogen (secondary N) is 1. The molecule has 0 saturated heterocycles. The molecule has 6 nitrogen and oxygen atoms in total. The highest BCUT2D eigenvalue weighted by molar-refractivity contribution is 6.03. The number of hydrogen-bond donors (Lipinski definition) is 2. The van der Waals surface area contributed by atoms with Crippen molar-refractivity contribution in [2.45, 2.75) is 33.8 Å². The number of carbonyl (C=O) groups excluding carboxylic acids is 1. The lowest BCUT2D eigenvalue weighted by molar-refractivity contribution is 0.102. The van der Waals surface area contributed by atoms with Crippen molar-refractivity contribution in [1.82, 2.24) is 15.0 Å². The van der Waals surface area contributed by atoms with E-state index in [2.05, 4.69) is 21.7 Å². The van der Waals surface area contributed by atoms with E-state index in [0.717, 1.165) is 16.8 Å². The van der Waals surface area contributed by atoms with Gasteiger partial charge in [-0.15, -0.1) is 5.10 Å². The summed E-state index contributed by atoms with van der Waals surface area (Å²) in [4.78, 5) is 12.6. The van der Waals surface area contributed by atoms with Crippen LogP contribution in [0.3, 0.4) is 0 Å². The van der Waals surface area contributed by atoms with Crippen LogP contribution in [0.25, 0.3) is 5.69 Å². The Hall–Kier alpha value is -2.99. The Balaban J connectivity index is 1.87. The molecule has 0 spiro atoms. The van der Waals surface area contributed by atoms with Crippen LogP contribution in [0.2, 0.25) is 0 Å². The Kier molecular flexibility index (Phi) is 4.86. The lowest BCUT2D eigenvalue weighted by Gasteiger charge is -2.09. The number of carbonyl (C=O) groups is 1. The van der Waals surface area contributed by atoms with E-state index in [1.807, 2.05) is 39.0 Å².